The van der Waals surface area contributed by atoms with Gasteiger partial charge in [-0.1, -0.05) is 0 Å². The molecule has 2 aliphatic rings. The zero-order chi connectivity index (χ0) is 16.8. The summed E-state index contributed by atoms with van der Waals surface area (Å²) in [6.07, 6.45) is 3.34. The number of nitrogens with one attached hydrogen (secondary N) is 1. The van der Waals surface area contributed by atoms with Gasteiger partial charge in [0.15, 0.2) is 0 Å². The van der Waals surface area contributed by atoms with E-state index >= 15 is 0 Å². The predicted octanol–water partition coefficient (Wildman–Crippen LogP) is -4.07. The number of pyridine rings is 1. The average molecular weight is 373 g/mol. The maximum absolute atomic E-state index is 12.2. The summed E-state index contributed by atoms with van der Waals surface area (Å²) in [5.41, 5.74) is 0.799. The fraction of sp³-hybridized carbons (Fsp3) is 0.467. The third-order valence-electron chi connectivity index (χ3n) is 4.09. The van der Waals surface area contributed by atoms with Crippen LogP contribution in [0.4, 0.5) is 0 Å². The molecule has 0 aromatic carbocycles. The number of hydrogen-bond donors (Lipinski definition) is 1. The third kappa shape index (κ3) is 3.56. The van der Waals surface area contributed by atoms with Crippen LogP contribution in [0.3, 0.4) is 0 Å². The van der Waals surface area contributed by atoms with Crippen molar-refractivity contribution in [1.29, 1.82) is 0 Å². The van der Waals surface area contributed by atoms with Crippen LogP contribution < -0.4 is 61.8 Å². The number of carboxylic acid groups (broad SMARTS) is 1. The van der Waals surface area contributed by atoms with E-state index in [2.05, 4.69) is 10.3 Å². The Bertz CT molecular complexity index is 670. The van der Waals surface area contributed by atoms with Crippen LogP contribution in [0.1, 0.15) is 19.4 Å². The van der Waals surface area contributed by atoms with Gasteiger partial charge in [0.05, 0.1) is 18.4 Å². The molecule has 0 spiro atoms. The molecule has 122 valence electrons. The average Bonchev–Trinajstić information content (AvgIpc) is 2.74. The van der Waals surface area contributed by atoms with Crippen molar-refractivity contribution in [3.8, 4) is 0 Å². The molecule has 2 amide bonds. The zero-order valence-corrected chi connectivity index (χ0v) is 17.6. The van der Waals surface area contributed by atoms with Gasteiger partial charge < -0.3 is 20.1 Å². The Balaban J connectivity index is 0.00000208. The first-order valence-electron chi connectivity index (χ1n) is 7.20. The van der Waals surface area contributed by atoms with Crippen LogP contribution in [0.2, 0.25) is 0 Å². The van der Waals surface area contributed by atoms with Gasteiger partial charge >= 0.3 is 51.4 Å². The summed E-state index contributed by atoms with van der Waals surface area (Å²) in [5.74, 6) is -1.91. The summed E-state index contributed by atoms with van der Waals surface area (Å²) in [6, 6.07) is 1.80. The summed E-state index contributed by atoms with van der Waals surface area (Å²) in [4.78, 5) is 40.8. The molecule has 1 N–H and O–H groups in total. The van der Waals surface area contributed by atoms with Crippen molar-refractivity contribution in [3.63, 3.8) is 0 Å². The zero-order valence-electron chi connectivity index (χ0n) is 13.7. The number of carbonyl (C=O) groups is 3. The maximum atomic E-state index is 12.2. The Morgan fingerprint density at radius 1 is 1.38 bits per heavy atom. The first-order valence-corrected chi connectivity index (χ1v) is 8.08. The van der Waals surface area contributed by atoms with Crippen LogP contribution in [0, 0.1) is 0 Å². The van der Waals surface area contributed by atoms with Crippen molar-refractivity contribution in [2.24, 2.45) is 0 Å². The third-order valence-corrected chi connectivity index (χ3v) is 5.67. The van der Waals surface area contributed by atoms with Gasteiger partial charge in [0.1, 0.15) is 11.4 Å². The second-order valence-electron chi connectivity index (χ2n) is 6.16. The number of rotatable bonds is 4. The quantitative estimate of drug-likeness (QED) is 0.425. The van der Waals surface area contributed by atoms with Gasteiger partial charge in [-0.2, -0.15) is 0 Å². The van der Waals surface area contributed by atoms with E-state index in [0.717, 1.165) is 5.56 Å². The van der Waals surface area contributed by atoms with Gasteiger partial charge in [0, 0.05) is 17.1 Å². The Labute approximate surface area is 186 Å². The van der Waals surface area contributed by atoms with Crippen LogP contribution >= 0.6 is 11.8 Å². The monoisotopic (exact) mass is 373 g/mol. The second kappa shape index (κ2) is 7.42. The number of aromatic nitrogens is 1. The number of carbonyl (C=O) groups excluding carboxylic acids is 3. The fourth-order valence-electron chi connectivity index (χ4n) is 3.04. The fourth-order valence-corrected chi connectivity index (χ4v) is 4.66. The standard InChI is InChI=1S/C15H17N3O4S.K/c1-15(2)11(14(21)22)18-12(20)10(13(18)23-15)17-9(19)7-8-3-5-16-6-4-8;/h3-6,10-11,13H,7H2,1-2H3,(H,17,19)(H,21,22);/q;+1/p-1. The molecular weight excluding hydrogens is 357 g/mol. The molecule has 0 saturated carbocycles. The SMILES string of the molecule is CC1(C)SC2C(NC(=O)Cc3ccncc3)C(=O)N2C1C(=O)[O-].[K+]. The molecule has 2 aliphatic heterocycles. The van der Waals surface area contributed by atoms with Crippen molar-refractivity contribution in [3.05, 3.63) is 30.1 Å². The van der Waals surface area contributed by atoms with Gasteiger partial charge in [-0.15, -0.1) is 11.8 Å². The molecular formula is C15H16KN3O4S. The van der Waals surface area contributed by atoms with Gasteiger partial charge in [0.25, 0.3) is 0 Å². The number of thioether (sulfide) groups is 1. The summed E-state index contributed by atoms with van der Waals surface area (Å²) < 4.78 is -0.649. The smallest absolute Gasteiger partial charge is 0.548 e. The molecule has 0 radical (unpaired) electrons. The van der Waals surface area contributed by atoms with Crippen molar-refractivity contribution in [1.82, 2.24) is 15.2 Å². The minimum Gasteiger partial charge on any atom is -0.548 e. The molecule has 2 saturated heterocycles. The molecule has 9 heteroatoms. The maximum Gasteiger partial charge on any atom is 1.00 e. The molecule has 0 bridgehead atoms. The van der Waals surface area contributed by atoms with E-state index < -0.39 is 22.8 Å². The number of amides is 2. The molecule has 3 unspecified atom stereocenters. The first kappa shape index (κ1) is 19.9. The van der Waals surface area contributed by atoms with Crippen LogP contribution in [0.5, 0.6) is 0 Å². The number of fused-ring (bicyclic) bond motifs is 1. The van der Waals surface area contributed by atoms with Crippen molar-refractivity contribution >= 4 is 29.5 Å². The molecule has 1 aromatic rings. The van der Waals surface area contributed by atoms with E-state index in [1.807, 2.05) is 0 Å². The summed E-state index contributed by atoms with van der Waals surface area (Å²) in [5, 5.41) is 13.7. The Hall–Kier alpha value is -0.454. The largest absolute Gasteiger partial charge is 1.00 e. The number of carboxylic acids is 1. The van der Waals surface area contributed by atoms with Gasteiger partial charge in [0.2, 0.25) is 11.8 Å². The van der Waals surface area contributed by atoms with E-state index in [4.69, 9.17) is 0 Å². The molecule has 3 rings (SSSR count). The summed E-state index contributed by atoms with van der Waals surface area (Å²) >= 11 is 1.37. The Morgan fingerprint density at radius 2 is 2.00 bits per heavy atom. The molecule has 3 heterocycles. The van der Waals surface area contributed by atoms with E-state index in [1.165, 1.54) is 16.7 Å². The normalized spacial score (nSPS) is 26.8. The van der Waals surface area contributed by atoms with E-state index in [9.17, 15) is 19.5 Å². The van der Waals surface area contributed by atoms with Gasteiger partial charge in [-0.05, 0) is 31.5 Å². The van der Waals surface area contributed by atoms with Crippen molar-refractivity contribution in [2.45, 2.75) is 42.5 Å². The van der Waals surface area contributed by atoms with Crippen LogP contribution in [0.25, 0.3) is 0 Å². The first-order chi connectivity index (χ1) is 10.8. The minimum absolute atomic E-state index is 0. The molecule has 2 fully saturated rings. The minimum atomic E-state index is -1.26. The van der Waals surface area contributed by atoms with Crippen molar-refractivity contribution < 1.29 is 70.9 Å². The van der Waals surface area contributed by atoms with Crippen LogP contribution in [-0.4, -0.2) is 49.9 Å². The Kier molecular flexibility index (Phi) is 6.15. The molecule has 7 nitrogen and oxygen atoms in total. The topological polar surface area (TPSA) is 102 Å². The van der Waals surface area contributed by atoms with E-state index in [0.29, 0.717) is 0 Å². The summed E-state index contributed by atoms with van der Waals surface area (Å²) in [6.45, 7) is 3.53. The molecule has 3 atom stereocenters. The van der Waals surface area contributed by atoms with E-state index in [1.54, 1.807) is 38.4 Å². The molecule has 0 aliphatic carbocycles. The van der Waals surface area contributed by atoms with Gasteiger partial charge in [-0.25, -0.2) is 0 Å². The number of β-lactam (4-membered cyclic amide) rings is 1. The number of nitrogens with zero attached hydrogens (tertiary/aromatic N) is 2. The predicted molar refractivity (Wildman–Crippen MR) is 81.0 cm³/mol. The molecule has 24 heavy (non-hydrogen) atoms. The number of hydrogen-bond acceptors (Lipinski definition) is 6. The van der Waals surface area contributed by atoms with Crippen LogP contribution in [0.15, 0.2) is 24.5 Å². The van der Waals surface area contributed by atoms with Crippen molar-refractivity contribution in [2.75, 3.05) is 0 Å². The molecule has 1 aromatic heterocycles. The van der Waals surface area contributed by atoms with Crippen LogP contribution in [-0.2, 0) is 20.8 Å². The van der Waals surface area contributed by atoms with E-state index in [-0.39, 0.29) is 75.0 Å². The Morgan fingerprint density at radius 3 is 2.58 bits per heavy atom. The summed E-state index contributed by atoms with van der Waals surface area (Å²) in [7, 11) is 0. The van der Waals surface area contributed by atoms with Gasteiger partial charge in [-0.3, -0.25) is 14.6 Å². The second-order valence-corrected chi connectivity index (χ2v) is 7.93. The number of aliphatic carboxylic acids is 1.